The molecule has 1 aromatic carbocycles. The van der Waals surface area contributed by atoms with Crippen LogP contribution in [0.5, 0.6) is 0 Å². The third-order valence-corrected chi connectivity index (χ3v) is 7.78. The van der Waals surface area contributed by atoms with Crippen molar-refractivity contribution in [3.05, 3.63) is 47.4 Å². The molecule has 3 heterocycles. The SMILES string of the molecule is CS(=O)(=O)c1cc(Nc2nccc(C(F)(F)F)n2)cc(-c2cnc(C3(O)CCC(=O)NCC3O)s2)c1. The van der Waals surface area contributed by atoms with Crippen molar-refractivity contribution >= 4 is 38.7 Å². The summed E-state index contributed by atoms with van der Waals surface area (Å²) in [4.78, 5) is 23.4. The molecule has 2 atom stereocenters. The molecule has 2 aromatic heterocycles. The van der Waals surface area contributed by atoms with Crippen molar-refractivity contribution in [1.29, 1.82) is 0 Å². The van der Waals surface area contributed by atoms with Gasteiger partial charge >= 0.3 is 6.18 Å². The number of hydrogen-bond acceptors (Lipinski definition) is 10. The molecule has 10 nitrogen and oxygen atoms in total. The van der Waals surface area contributed by atoms with Gasteiger partial charge in [0.2, 0.25) is 11.9 Å². The number of anilines is 2. The number of aliphatic hydroxyl groups is 2. The van der Waals surface area contributed by atoms with Crippen LogP contribution in [0.25, 0.3) is 10.4 Å². The second kappa shape index (κ2) is 9.38. The van der Waals surface area contributed by atoms with Crippen LogP contribution in [0, 0.1) is 0 Å². The summed E-state index contributed by atoms with van der Waals surface area (Å²) < 4.78 is 63.6. The van der Waals surface area contributed by atoms with Crippen LogP contribution in [0.3, 0.4) is 0 Å². The molecule has 1 fully saturated rings. The number of halogens is 3. The van der Waals surface area contributed by atoms with Crippen LogP contribution in [-0.2, 0) is 26.4 Å². The Hall–Kier alpha value is -3.14. The van der Waals surface area contributed by atoms with Gasteiger partial charge in [-0.1, -0.05) is 0 Å². The van der Waals surface area contributed by atoms with Crippen LogP contribution >= 0.6 is 11.3 Å². The van der Waals surface area contributed by atoms with E-state index in [0.717, 1.165) is 23.8 Å². The van der Waals surface area contributed by atoms with Crippen molar-refractivity contribution in [2.45, 2.75) is 35.6 Å². The molecule has 4 N–H and O–H groups in total. The van der Waals surface area contributed by atoms with Gasteiger partial charge in [0.1, 0.15) is 22.4 Å². The standard InChI is InChI=1S/C21H20F3N5O5S2/c1-36(33,34)13-7-11(6-12(8-13)28-19-25-5-3-15(29-19)21(22,23)24)14-9-27-18(35-14)20(32)4-2-17(31)26-10-16(20)30/h3,5-9,16,30,32H,2,4,10H2,1H3,(H,26,31)(H,25,28,29). The highest BCUT2D eigenvalue weighted by atomic mass is 32.2. The van der Waals surface area contributed by atoms with Crippen molar-refractivity contribution in [3.63, 3.8) is 0 Å². The molecule has 3 aromatic rings. The minimum absolute atomic E-state index is 0.0307. The zero-order valence-corrected chi connectivity index (χ0v) is 20.2. The maximum absolute atomic E-state index is 13.0. The lowest BCUT2D eigenvalue weighted by molar-refractivity contribution is -0.141. The van der Waals surface area contributed by atoms with E-state index in [2.05, 4.69) is 25.6 Å². The summed E-state index contributed by atoms with van der Waals surface area (Å²) in [6.07, 6.45) is -2.84. The van der Waals surface area contributed by atoms with E-state index in [1.807, 2.05) is 0 Å². The number of aromatic nitrogens is 3. The first kappa shape index (κ1) is 25.9. The first-order chi connectivity index (χ1) is 16.8. The van der Waals surface area contributed by atoms with E-state index < -0.39 is 33.4 Å². The smallest absolute Gasteiger partial charge is 0.388 e. The van der Waals surface area contributed by atoms with Crippen LogP contribution in [0.1, 0.15) is 23.5 Å². The van der Waals surface area contributed by atoms with Gasteiger partial charge < -0.3 is 20.8 Å². The fraction of sp³-hybridized carbons (Fsp3) is 0.333. The monoisotopic (exact) mass is 543 g/mol. The van der Waals surface area contributed by atoms with E-state index in [0.29, 0.717) is 16.5 Å². The minimum atomic E-state index is -4.69. The van der Waals surface area contributed by atoms with Gasteiger partial charge in [-0.05, 0) is 36.2 Å². The number of aliphatic hydroxyl groups excluding tert-OH is 1. The first-order valence-corrected chi connectivity index (χ1v) is 13.1. The van der Waals surface area contributed by atoms with Crippen LogP contribution in [0.15, 0.2) is 41.6 Å². The predicted molar refractivity (Wildman–Crippen MR) is 123 cm³/mol. The molecular formula is C21H20F3N5O5S2. The fourth-order valence-electron chi connectivity index (χ4n) is 3.53. The minimum Gasteiger partial charge on any atom is -0.388 e. The summed E-state index contributed by atoms with van der Waals surface area (Å²) in [7, 11) is -3.74. The van der Waals surface area contributed by atoms with Gasteiger partial charge in [0.25, 0.3) is 0 Å². The summed E-state index contributed by atoms with van der Waals surface area (Å²) >= 11 is 0.983. The highest BCUT2D eigenvalue weighted by Gasteiger charge is 2.42. The van der Waals surface area contributed by atoms with Crippen molar-refractivity contribution in [2.24, 2.45) is 0 Å². The Morgan fingerprint density at radius 3 is 2.69 bits per heavy atom. The number of sulfone groups is 1. The molecule has 0 spiro atoms. The highest BCUT2D eigenvalue weighted by molar-refractivity contribution is 7.90. The second-order valence-electron chi connectivity index (χ2n) is 8.18. The normalized spacial score (nSPS) is 21.1. The number of hydrogen-bond donors (Lipinski definition) is 4. The molecule has 1 amide bonds. The summed E-state index contributed by atoms with van der Waals surface area (Å²) in [5.41, 5.74) is -2.54. The average molecular weight is 544 g/mol. The van der Waals surface area contributed by atoms with Crippen LogP contribution < -0.4 is 10.6 Å². The molecule has 15 heteroatoms. The lowest BCUT2D eigenvalue weighted by Crippen LogP contribution is -2.43. The number of benzene rings is 1. The summed E-state index contributed by atoms with van der Waals surface area (Å²) in [6.45, 7) is -0.168. The third-order valence-electron chi connectivity index (χ3n) is 5.47. The number of nitrogens with one attached hydrogen (secondary N) is 2. The molecule has 192 valence electrons. The molecular weight excluding hydrogens is 523 g/mol. The van der Waals surface area contributed by atoms with E-state index >= 15 is 0 Å². The second-order valence-corrected chi connectivity index (χ2v) is 11.2. The number of rotatable bonds is 5. The maximum atomic E-state index is 13.0. The summed E-state index contributed by atoms with van der Waals surface area (Å²) in [5.74, 6) is -0.713. The van der Waals surface area contributed by atoms with E-state index in [1.165, 1.54) is 24.4 Å². The molecule has 2 unspecified atom stereocenters. The molecule has 1 aliphatic heterocycles. The number of thiazole rings is 1. The molecule has 1 saturated heterocycles. The number of carbonyl (C=O) groups is 1. The number of amides is 1. The van der Waals surface area contributed by atoms with E-state index in [4.69, 9.17) is 0 Å². The molecule has 36 heavy (non-hydrogen) atoms. The van der Waals surface area contributed by atoms with E-state index in [1.54, 1.807) is 0 Å². The van der Waals surface area contributed by atoms with Gasteiger partial charge in [-0.25, -0.2) is 23.4 Å². The van der Waals surface area contributed by atoms with Crippen LogP contribution in [0.4, 0.5) is 24.8 Å². The number of nitrogens with zero attached hydrogens (tertiary/aromatic N) is 3. The molecule has 0 aliphatic carbocycles. The zero-order valence-electron chi connectivity index (χ0n) is 18.6. The van der Waals surface area contributed by atoms with Crippen LogP contribution in [0.2, 0.25) is 0 Å². The van der Waals surface area contributed by atoms with Crippen molar-refractivity contribution < 1.29 is 36.6 Å². The molecule has 0 radical (unpaired) electrons. The van der Waals surface area contributed by atoms with Crippen molar-refractivity contribution in [2.75, 3.05) is 18.1 Å². The number of β-amino-alcohol motifs (C(OH)–C–C–N with tert-alkyl or cyclic N) is 1. The highest BCUT2D eigenvalue weighted by Crippen LogP contribution is 2.39. The number of carbonyl (C=O) groups excluding carboxylic acids is 1. The lowest BCUT2D eigenvalue weighted by atomic mass is 9.93. The molecule has 0 bridgehead atoms. The topological polar surface area (TPSA) is 154 Å². The van der Waals surface area contributed by atoms with E-state index in [9.17, 15) is 36.6 Å². The van der Waals surface area contributed by atoms with Crippen LogP contribution in [-0.4, -0.2) is 58.4 Å². The van der Waals surface area contributed by atoms with Gasteiger partial charge in [-0.3, -0.25) is 4.79 Å². The predicted octanol–water partition coefficient (Wildman–Crippen LogP) is 2.22. The van der Waals surface area contributed by atoms with Gasteiger partial charge in [0, 0.05) is 37.3 Å². The summed E-state index contributed by atoms with van der Waals surface area (Å²) in [5, 5.41) is 26.7. The van der Waals surface area contributed by atoms with Gasteiger partial charge in [-0.2, -0.15) is 13.2 Å². The molecule has 0 saturated carbocycles. The van der Waals surface area contributed by atoms with Gasteiger partial charge in [0.05, 0.1) is 9.77 Å². The Morgan fingerprint density at radius 2 is 2.00 bits per heavy atom. The fourth-order valence-corrected chi connectivity index (χ4v) is 5.28. The maximum Gasteiger partial charge on any atom is 0.433 e. The molecule has 4 rings (SSSR count). The van der Waals surface area contributed by atoms with Crippen molar-refractivity contribution in [3.8, 4) is 10.4 Å². The third kappa shape index (κ3) is 5.48. The summed E-state index contributed by atoms with van der Waals surface area (Å²) in [6, 6.07) is 4.75. The quantitative estimate of drug-likeness (QED) is 0.379. The lowest BCUT2D eigenvalue weighted by Gasteiger charge is -2.28. The Balaban J connectivity index is 1.72. The Kier molecular flexibility index (Phi) is 6.76. The Labute approximate surface area is 207 Å². The van der Waals surface area contributed by atoms with E-state index in [-0.39, 0.29) is 46.8 Å². The zero-order chi connectivity index (χ0) is 26.3. The Bertz CT molecular complexity index is 1410. The van der Waals surface area contributed by atoms with Gasteiger partial charge in [-0.15, -0.1) is 11.3 Å². The number of alkyl halides is 3. The van der Waals surface area contributed by atoms with Crippen molar-refractivity contribution in [1.82, 2.24) is 20.3 Å². The first-order valence-electron chi connectivity index (χ1n) is 10.4. The molecule has 1 aliphatic rings. The van der Waals surface area contributed by atoms with Gasteiger partial charge in [0.15, 0.2) is 9.84 Å². The largest absolute Gasteiger partial charge is 0.433 e. The average Bonchev–Trinajstić information content (AvgIpc) is 3.26. The Morgan fingerprint density at radius 1 is 1.25 bits per heavy atom.